The molecule has 3 unspecified atom stereocenters. The molecule has 2 aliphatic heterocycles. The average molecular weight is 538 g/mol. The van der Waals surface area contributed by atoms with E-state index in [0.29, 0.717) is 40.5 Å². The first kappa shape index (κ1) is 25.2. The molecule has 3 aromatic carbocycles. The second kappa shape index (κ2) is 10.1. The van der Waals surface area contributed by atoms with Crippen molar-refractivity contribution in [2.45, 2.75) is 32.5 Å². The van der Waals surface area contributed by atoms with Gasteiger partial charge in [0.25, 0.3) is 0 Å². The summed E-state index contributed by atoms with van der Waals surface area (Å²) in [4.78, 5) is 15.8. The van der Waals surface area contributed by atoms with E-state index in [2.05, 4.69) is 10.6 Å². The molecule has 5 rings (SSSR count). The zero-order valence-corrected chi connectivity index (χ0v) is 22.4. The molecule has 3 atom stereocenters. The number of nitrogens with zero attached hydrogens (tertiary/aromatic N) is 1. The minimum atomic E-state index is -1.17. The van der Waals surface area contributed by atoms with Crippen molar-refractivity contribution >= 4 is 46.2 Å². The predicted molar refractivity (Wildman–Crippen MR) is 149 cm³/mol. The Morgan fingerprint density at radius 1 is 1.08 bits per heavy atom. The van der Waals surface area contributed by atoms with E-state index in [9.17, 15) is 4.79 Å². The van der Waals surface area contributed by atoms with Crippen LogP contribution in [0, 0.1) is 5.92 Å². The molecule has 0 aromatic heterocycles. The van der Waals surface area contributed by atoms with Crippen LogP contribution in [0.4, 0.5) is 11.4 Å². The van der Waals surface area contributed by atoms with Gasteiger partial charge < -0.3 is 24.8 Å². The number of rotatable bonds is 7. The summed E-state index contributed by atoms with van der Waals surface area (Å²) in [5.41, 5.74) is 1.05. The summed E-state index contributed by atoms with van der Waals surface area (Å²) in [5.74, 6) is 1.07. The van der Waals surface area contributed by atoms with Crippen LogP contribution in [0.15, 0.2) is 66.7 Å². The van der Waals surface area contributed by atoms with Gasteiger partial charge in [-0.3, -0.25) is 9.69 Å². The van der Waals surface area contributed by atoms with Crippen molar-refractivity contribution in [1.82, 2.24) is 5.32 Å². The lowest BCUT2D eigenvalue weighted by Gasteiger charge is -2.56. The molecule has 1 amide bonds. The minimum Gasteiger partial charge on any atom is -0.494 e. The highest BCUT2D eigenvalue weighted by atomic mass is 35.5. The molecular weight excluding hydrogens is 510 g/mol. The molecule has 0 saturated carbocycles. The molecule has 2 aliphatic rings. The summed E-state index contributed by atoms with van der Waals surface area (Å²) in [6, 6.07) is 19.8. The lowest BCUT2D eigenvalue weighted by molar-refractivity contribution is -0.130. The van der Waals surface area contributed by atoms with Gasteiger partial charge in [-0.05, 0) is 87.6 Å². The third-order valence-corrected chi connectivity index (χ3v) is 7.14. The van der Waals surface area contributed by atoms with E-state index in [0.717, 1.165) is 17.0 Å². The van der Waals surface area contributed by atoms with Crippen LogP contribution < -0.4 is 29.7 Å². The van der Waals surface area contributed by atoms with E-state index in [1.807, 2.05) is 68.1 Å². The molecule has 0 aliphatic carbocycles. The zero-order valence-electron chi connectivity index (χ0n) is 20.8. The third kappa shape index (κ3) is 4.55. The van der Waals surface area contributed by atoms with Gasteiger partial charge >= 0.3 is 0 Å². The van der Waals surface area contributed by atoms with Crippen LogP contribution in [-0.2, 0) is 4.79 Å². The van der Waals surface area contributed by atoms with Crippen molar-refractivity contribution in [3.05, 3.63) is 77.3 Å². The van der Waals surface area contributed by atoms with Gasteiger partial charge in [0, 0.05) is 22.0 Å². The number of anilines is 2. The average Bonchev–Trinajstić information content (AvgIpc) is 2.87. The van der Waals surface area contributed by atoms with Crippen molar-refractivity contribution in [2.24, 2.45) is 5.92 Å². The maximum absolute atomic E-state index is 13.9. The number of benzene rings is 3. The molecule has 192 valence electrons. The van der Waals surface area contributed by atoms with Crippen molar-refractivity contribution in [3.8, 4) is 17.2 Å². The first-order chi connectivity index (χ1) is 17.9. The van der Waals surface area contributed by atoms with Crippen LogP contribution in [-0.4, -0.2) is 30.0 Å². The van der Waals surface area contributed by atoms with Crippen molar-refractivity contribution in [2.75, 3.05) is 23.4 Å². The fourth-order valence-electron chi connectivity index (χ4n) is 5.04. The minimum absolute atomic E-state index is 0.215. The highest BCUT2D eigenvalue weighted by molar-refractivity contribution is 7.80. The van der Waals surface area contributed by atoms with E-state index in [1.54, 1.807) is 24.3 Å². The number of ether oxygens (including phenoxy) is 3. The number of hydrogen-bond acceptors (Lipinski definition) is 5. The summed E-state index contributed by atoms with van der Waals surface area (Å²) in [5, 5.41) is 7.51. The number of carbonyl (C=O) groups excluding carboxylic acids is 1. The molecule has 0 radical (unpaired) electrons. The third-order valence-electron chi connectivity index (χ3n) is 6.59. The molecule has 9 heteroatoms. The Balaban J connectivity index is 1.61. The standard InChI is InChI=1S/C28H28ClN3O4S/c1-4-34-20-15-13-19(14-16-20)32-27(37)31-24-21-7-6-8-22(35-5-2)25(21)36-28(32,3)23(24)26(33)30-18-11-9-17(29)10-12-18/h6-16,23-24H,4-5H2,1-3H3,(H,30,33)(H,31,37). The Morgan fingerprint density at radius 2 is 1.78 bits per heavy atom. The number of fused-ring (bicyclic) bond motifs is 4. The number of para-hydroxylation sites is 1. The predicted octanol–water partition coefficient (Wildman–Crippen LogP) is 5.94. The first-order valence-corrected chi connectivity index (χ1v) is 13.0. The number of halogens is 1. The van der Waals surface area contributed by atoms with Crippen LogP contribution in [0.2, 0.25) is 5.02 Å². The van der Waals surface area contributed by atoms with Crippen LogP contribution in [0.25, 0.3) is 0 Å². The first-order valence-electron chi connectivity index (χ1n) is 12.2. The van der Waals surface area contributed by atoms with Gasteiger partial charge in [-0.25, -0.2) is 0 Å². The molecule has 3 aromatic rings. The molecule has 2 heterocycles. The number of carbonyl (C=O) groups is 1. The molecule has 7 nitrogen and oxygen atoms in total. The maximum atomic E-state index is 13.9. The smallest absolute Gasteiger partial charge is 0.236 e. The van der Waals surface area contributed by atoms with Crippen LogP contribution >= 0.6 is 23.8 Å². The fraction of sp³-hybridized carbons (Fsp3) is 0.286. The lowest BCUT2D eigenvalue weighted by Crippen LogP contribution is -2.72. The number of hydrogen-bond donors (Lipinski definition) is 2. The molecule has 1 saturated heterocycles. The summed E-state index contributed by atoms with van der Waals surface area (Å²) < 4.78 is 18.3. The Morgan fingerprint density at radius 3 is 2.46 bits per heavy atom. The van der Waals surface area contributed by atoms with E-state index in [4.69, 9.17) is 38.0 Å². The van der Waals surface area contributed by atoms with Gasteiger partial charge in [0.2, 0.25) is 5.91 Å². The quantitative estimate of drug-likeness (QED) is 0.361. The SMILES string of the molecule is CCOc1ccc(N2C(=S)NC3c4cccc(OCC)c4OC2(C)C3C(=O)Nc2ccc(Cl)cc2)cc1. The number of thiocarbonyl (C=S) groups is 1. The molecule has 1 fully saturated rings. The van der Waals surface area contributed by atoms with Crippen molar-refractivity contribution < 1.29 is 19.0 Å². The van der Waals surface area contributed by atoms with Gasteiger partial charge in [0.05, 0.1) is 19.3 Å². The second-order valence-corrected chi connectivity index (χ2v) is 9.75. The van der Waals surface area contributed by atoms with Crippen LogP contribution in [0.5, 0.6) is 17.2 Å². The lowest BCUT2D eigenvalue weighted by atomic mass is 9.78. The highest BCUT2D eigenvalue weighted by Crippen LogP contribution is 2.52. The van der Waals surface area contributed by atoms with E-state index >= 15 is 0 Å². The Hall–Kier alpha value is -3.49. The van der Waals surface area contributed by atoms with Gasteiger partial charge in [-0.1, -0.05) is 23.7 Å². The van der Waals surface area contributed by atoms with Gasteiger partial charge in [-0.15, -0.1) is 0 Å². The molecular formula is C28H28ClN3O4S. The van der Waals surface area contributed by atoms with Gasteiger partial charge in [0.15, 0.2) is 22.3 Å². The number of amides is 1. The summed E-state index contributed by atoms with van der Waals surface area (Å²) in [6.45, 7) is 6.80. The van der Waals surface area contributed by atoms with Gasteiger partial charge in [0.1, 0.15) is 11.7 Å². The second-order valence-electron chi connectivity index (χ2n) is 8.93. The van der Waals surface area contributed by atoms with Gasteiger partial charge in [-0.2, -0.15) is 0 Å². The number of nitrogens with one attached hydrogen (secondary N) is 2. The Kier molecular flexibility index (Phi) is 6.88. The van der Waals surface area contributed by atoms with Crippen molar-refractivity contribution in [1.29, 1.82) is 0 Å². The normalized spacial score (nSPS) is 21.8. The Bertz CT molecular complexity index is 1320. The fourth-order valence-corrected chi connectivity index (χ4v) is 5.58. The largest absolute Gasteiger partial charge is 0.494 e. The van der Waals surface area contributed by atoms with Crippen LogP contribution in [0.1, 0.15) is 32.4 Å². The molecule has 2 bridgehead atoms. The highest BCUT2D eigenvalue weighted by Gasteiger charge is 2.59. The molecule has 2 N–H and O–H groups in total. The molecule has 37 heavy (non-hydrogen) atoms. The maximum Gasteiger partial charge on any atom is 0.236 e. The summed E-state index contributed by atoms with van der Waals surface area (Å²) in [6.07, 6.45) is 0. The van der Waals surface area contributed by atoms with E-state index in [1.165, 1.54) is 0 Å². The monoisotopic (exact) mass is 537 g/mol. The zero-order chi connectivity index (χ0) is 26.2. The van der Waals surface area contributed by atoms with Crippen LogP contribution in [0.3, 0.4) is 0 Å². The summed E-state index contributed by atoms with van der Waals surface area (Å²) in [7, 11) is 0. The summed E-state index contributed by atoms with van der Waals surface area (Å²) >= 11 is 11.9. The van der Waals surface area contributed by atoms with E-state index in [-0.39, 0.29) is 5.91 Å². The topological polar surface area (TPSA) is 72.1 Å². The van der Waals surface area contributed by atoms with E-state index < -0.39 is 17.7 Å². The molecule has 0 spiro atoms. The van der Waals surface area contributed by atoms with Crippen molar-refractivity contribution in [3.63, 3.8) is 0 Å². The Labute approximate surface area is 226 Å².